The van der Waals surface area contributed by atoms with Crippen molar-refractivity contribution in [3.05, 3.63) is 11.6 Å². The minimum atomic E-state index is -0.429. The highest BCUT2D eigenvalue weighted by molar-refractivity contribution is 5.68. The molecular formula is C16H29NO2. The van der Waals surface area contributed by atoms with Crippen LogP contribution in [0.25, 0.3) is 0 Å². The maximum absolute atomic E-state index is 12.3. The van der Waals surface area contributed by atoms with Crippen LogP contribution in [-0.4, -0.2) is 29.2 Å². The lowest BCUT2D eigenvalue weighted by Crippen LogP contribution is -2.44. The van der Waals surface area contributed by atoms with Crippen molar-refractivity contribution in [1.29, 1.82) is 0 Å². The zero-order valence-electron chi connectivity index (χ0n) is 13.5. The lowest BCUT2D eigenvalue weighted by atomic mass is 9.84. The number of hydrogen-bond donors (Lipinski definition) is 0. The fourth-order valence-corrected chi connectivity index (χ4v) is 2.71. The van der Waals surface area contributed by atoms with Gasteiger partial charge in [-0.25, -0.2) is 4.79 Å². The van der Waals surface area contributed by atoms with Gasteiger partial charge in [0.1, 0.15) is 5.60 Å². The quantitative estimate of drug-likeness (QED) is 0.615. The average molecular weight is 267 g/mol. The Morgan fingerprint density at radius 2 is 1.89 bits per heavy atom. The summed E-state index contributed by atoms with van der Waals surface area (Å²) in [7, 11) is 0. The molecule has 3 nitrogen and oxygen atoms in total. The Morgan fingerprint density at radius 1 is 1.32 bits per heavy atom. The highest BCUT2D eigenvalue weighted by atomic mass is 16.6. The highest BCUT2D eigenvalue weighted by Gasteiger charge is 2.34. The van der Waals surface area contributed by atoms with Crippen LogP contribution in [0.4, 0.5) is 4.79 Å². The van der Waals surface area contributed by atoms with Crippen molar-refractivity contribution in [1.82, 2.24) is 4.90 Å². The standard InChI is InChI=1S/C16H29NO2/c1-8-14-9-10-17(13(4)11(2)12(14)3)15(18)19-16(5,6)7/h8,11-13H,9-10H2,1-7H3/b14-8-/t11?,12?,13-/m0/s1. The van der Waals surface area contributed by atoms with Crippen molar-refractivity contribution >= 4 is 6.09 Å². The van der Waals surface area contributed by atoms with Crippen LogP contribution in [-0.2, 0) is 4.74 Å². The van der Waals surface area contributed by atoms with E-state index in [1.54, 1.807) is 0 Å². The number of likely N-dealkylation sites (tertiary alicyclic amines) is 1. The fourth-order valence-electron chi connectivity index (χ4n) is 2.71. The van der Waals surface area contributed by atoms with Crippen molar-refractivity contribution in [3.8, 4) is 0 Å². The zero-order chi connectivity index (χ0) is 14.8. The summed E-state index contributed by atoms with van der Waals surface area (Å²) in [4.78, 5) is 14.2. The summed E-state index contributed by atoms with van der Waals surface area (Å²) in [6.45, 7) is 15.2. The van der Waals surface area contributed by atoms with Crippen LogP contribution >= 0.6 is 0 Å². The maximum Gasteiger partial charge on any atom is 0.410 e. The predicted octanol–water partition coefficient (Wildman–Crippen LogP) is 4.23. The summed E-state index contributed by atoms with van der Waals surface area (Å²) < 4.78 is 5.52. The van der Waals surface area contributed by atoms with Gasteiger partial charge in [0.25, 0.3) is 0 Å². The van der Waals surface area contributed by atoms with Gasteiger partial charge in [0.15, 0.2) is 0 Å². The first kappa shape index (κ1) is 16.1. The van der Waals surface area contributed by atoms with Crippen molar-refractivity contribution in [2.45, 2.75) is 66.5 Å². The third-order valence-corrected chi connectivity index (χ3v) is 4.27. The van der Waals surface area contributed by atoms with Crippen LogP contribution in [0.3, 0.4) is 0 Å². The van der Waals surface area contributed by atoms with Gasteiger partial charge in [-0.05, 0) is 52.9 Å². The lowest BCUT2D eigenvalue weighted by molar-refractivity contribution is 0.0134. The van der Waals surface area contributed by atoms with Crippen LogP contribution in [0.15, 0.2) is 11.6 Å². The summed E-state index contributed by atoms with van der Waals surface area (Å²) >= 11 is 0. The fraction of sp³-hybridized carbons (Fsp3) is 0.812. The first-order valence-corrected chi connectivity index (χ1v) is 7.32. The van der Waals surface area contributed by atoms with Gasteiger partial charge >= 0.3 is 6.09 Å². The Bertz CT molecular complexity index is 354. The topological polar surface area (TPSA) is 29.5 Å². The third-order valence-electron chi connectivity index (χ3n) is 4.27. The Hall–Kier alpha value is -0.990. The number of ether oxygens (including phenoxy) is 1. The van der Waals surface area contributed by atoms with E-state index in [9.17, 15) is 4.79 Å². The molecule has 0 aromatic heterocycles. The number of rotatable bonds is 0. The monoisotopic (exact) mass is 267 g/mol. The van der Waals surface area contributed by atoms with Crippen LogP contribution < -0.4 is 0 Å². The molecule has 0 aromatic rings. The number of carbonyl (C=O) groups excluding carboxylic acids is 1. The molecule has 1 fully saturated rings. The number of nitrogens with zero attached hydrogens (tertiary/aromatic N) is 1. The molecule has 1 amide bonds. The van der Waals surface area contributed by atoms with Gasteiger partial charge in [0, 0.05) is 12.6 Å². The minimum absolute atomic E-state index is 0.184. The van der Waals surface area contributed by atoms with E-state index < -0.39 is 5.60 Å². The van der Waals surface area contributed by atoms with Gasteiger partial charge in [-0.1, -0.05) is 25.5 Å². The van der Waals surface area contributed by atoms with Gasteiger partial charge in [-0.2, -0.15) is 0 Å². The van der Waals surface area contributed by atoms with E-state index in [4.69, 9.17) is 4.74 Å². The highest BCUT2D eigenvalue weighted by Crippen LogP contribution is 2.32. The van der Waals surface area contributed by atoms with Crippen molar-refractivity contribution in [3.63, 3.8) is 0 Å². The normalized spacial score (nSPS) is 31.2. The summed E-state index contributed by atoms with van der Waals surface area (Å²) in [6, 6.07) is 0.210. The SMILES string of the molecule is C/C=C1/CCN(C(=O)OC(C)(C)C)[C@@H](C)C(C)C1C. The molecule has 1 heterocycles. The van der Waals surface area contributed by atoms with Gasteiger partial charge < -0.3 is 9.64 Å². The minimum Gasteiger partial charge on any atom is -0.444 e. The molecule has 0 radical (unpaired) electrons. The van der Waals surface area contributed by atoms with E-state index in [1.165, 1.54) is 5.57 Å². The van der Waals surface area contributed by atoms with Crippen LogP contribution in [0.1, 0.15) is 54.9 Å². The second-order valence-corrected chi connectivity index (χ2v) is 6.68. The predicted molar refractivity (Wildman–Crippen MR) is 79.1 cm³/mol. The van der Waals surface area contributed by atoms with Gasteiger partial charge in [0.2, 0.25) is 0 Å². The molecule has 110 valence electrons. The largest absolute Gasteiger partial charge is 0.444 e. The first-order valence-electron chi connectivity index (χ1n) is 7.32. The van der Waals surface area contributed by atoms with Crippen LogP contribution in [0.2, 0.25) is 0 Å². The summed E-state index contributed by atoms with van der Waals surface area (Å²) in [5.74, 6) is 0.966. The lowest BCUT2D eigenvalue weighted by Gasteiger charge is -2.33. The van der Waals surface area contributed by atoms with E-state index in [0.29, 0.717) is 11.8 Å². The van der Waals surface area contributed by atoms with Crippen LogP contribution in [0.5, 0.6) is 0 Å². The Balaban J connectivity index is 2.88. The van der Waals surface area contributed by atoms with Crippen molar-refractivity contribution < 1.29 is 9.53 Å². The molecule has 0 spiro atoms. The van der Waals surface area contributed by atoms with E-state index in [2.05, 4.69) is 33.8 Å². The number of hydrogen-bond acceptors (Lipinski definition) is 2. The Morgan fingerprint density at radius 3 is 2.37 bits per heavy atom. The number of allylic oxidation sites excluding steroid dienone is 1. The smallest absolute Gasteiger partial charge is 0.410 e. The summed E-state index contributed by atoms with van der Waals surface area (Å²) in [5, 5.41) is 0. The molecular weight excluding hydrogens is 238 g/mol. The molecule has 19 heavy (non-hydrogen) atoms. The Kier molecular flexibility index (Phi) is 5.05. The molecule has 0 aromatic carbocycles. The molecule has 0 bridgehead atoms. The third kappa shape index (κ3) is 3.99. The van der Waals surface area contributed by atoms with E-state index in [1.807, 2.05) is 25.7 Å². The van der Waals surface area contributed by atoms with Gasteiger partial charge in [-0.15, -0.1) is 0 Å². The van der Waals surface area contributed by atoms with Crippen molar-refractivity contribution in [2.24, 2.45) is 11.8 Å². The molecule has 0 aliphatic carbocycles. The van der Waals surface area contributed by atoms with Gasteiger partial charge in [0.05, 0.1) is 0 Å². The number of carbonyl (C=O) groups is 1. The van der Waals surface area contributed by atoms with Crippen LogP contribution in [0, 0.1) is 11.8 Å². The molecule has 3 atom stereocenters. The zero-order valence-corrected chi connectivity index (χ0v) is 13.5. The van der Waals surface area contributed by atoms with Crippen molar-refractivity contribution in [2.75, 3.05) is 6.54 Å². The van der Waals surface area contributed by atoms with E-state index in [-0.39, 0.29) is 12.1 Å². The van der Waals surface area contributed by atoms with Gasteiger partial charge in [-0.3, -0.25) is 0 Å². The molecule has 1 rings (SSSR count). The second kappa shape index (κ2) is 5.98. The number of amides is 1. The van der Waals surface area contributed by atoms with E-state index in [0.717, 1.165) is 13.0 Å². The molecule has 0 saturated carbocycles. The second-order valence-electron chi connectivity index (χ2n) is 6.68. The maximum atomic E-state index is 12.3. The summed E-state index contributed by atoms with van der Waals surface area (Å²) in [5.41, 5.74) is 1.02. The molecule has 1 saturated heterocycles. The molecule has 2 unspecified atom stereocenters. The molecule has 1 aliphatic rings. The molecule has 3 heteroatoms. The first-order chi connectivity index (χ1) is 8.67. The van der Waals surface area contributed by atoms with E-state index >= 15 is 0 Å². The average Bonchev–Trinajstić information content (AvgIpc) is 2.39. The summed E-state index contributed by atoms with van der Waals surface area (Å²) in [6.07, 6.45) is 2.97. The molecule has 1 aliphatic heterocycles. The molecule has 0 N–H and O–H groups in total. The Labute approximate surface area is 118 Å².